The van der Waals surface area contributed by atoms with Gasteiger partial charge in [0.1, 0.15) is 0 Å². The zero-order valence-corrected chi connectivity index (χ0v) is 13.9. The first-order chi connectivity index (χ1) is 10.9. The molecule has 1 N–H and O–H groups in total. The Bertz CT molecular complexity index is 834. The first kappa shape index (κ1) is 15.6. The fourth-order valence-corrected chi connectivity index (χ4v) is 4.05. The van der Waals surface area contributed by atoms with Crippen molar-refractivity contribution < 1.29 is 9.90 Å². The van der Waals surface area contributed by atoms with Crippen molar-refractivity contribution in [3.63, 3.8) is 0 Å². The van der Waals surface area contributed by atoms with Crippen molar-refractivity contribution >= 4 is 17.7 Å². The van der Waals surface area contributed by atoms with E-state index in [0.29, 0.717) is 11.1 Å². The summed E-state index contributed by atoms with van der Waals surface area (Å²) in [5, 5.41) is 9.28. The average Bonchev–Trinajstić information content (AvgIpc) is 2.52. The molecule has 1 aliphatic heterocycles. The van der Waals surface area contributed by atoms with Gasteiger partial charge in [-0.25, -0.2) is 4.79 Å². The SMILES string of the molecule is C#Cc1c(C(=O)O)cncc1-c1ccc2c(c1)CCC(C)(C)S2. The first-order valence-electron chi connectivity index (χ1n) is 7.41. The summed E-state index contributed by atoms with van der Waals surface area (Å²) in [6.45, 7) is 4.51. The number of benzene rings is 1. The van der Waals surface area contributed by atoms with Gasteiger partial charge >= 0.3 is 5.97 Å². The van der Waals surface area contributed by atoms with Gasteiger partial charge in [0.2, 0.25) is 0 Å². The third-order valence-corrected chi connectivity index (χ3v) is 5.45. The number of carbonyl (C=O) groups is 1. The van der Waals surface area contributed by atoms with Crippen LogP contribution in [0.3, 0.4) is 0 Å². The lowest BCUT2D eigenvalue weighted by Gasteiger charge is -2.30. The van der Waals surface area contributed by atoms with E-state index in [9.17, 15) is 9.90 Å². The molecular formula is C19H17NO2S. The molecule has 2 aromatic rings. The van der Waals surface area contributed by atoms with Gasteiger partial charge in [0.05, 0.1) is 5.56 Å². The summed E-state index contributed by atoms with van der Waals surface area (Å²) < 4.78 is 0.253. The Labute approximate surface area is 140 Å². The number of hydrogen-bond donors (Lipinski definition) is 1. The minimum Gasteiger partial charge on any atom is -0.478 e. The van der Waals surface area contributed by atoms with Crippen LogP contribution in [0.1, 0.15) is 41.8 Å². The molecule has 2 heterocycles. The standard InChI is InChI=1S/C19H17NO2S/c1-4-14-15(10-20-11-16(14)18(21)22)12-5-6-17-13(9-12)7-8-19(2,3)23-17/h1,5-6,9-11H,7-8H2,2-3H3,(H,21,22). The van der Waals surface area contributed by atoms with Crippen LogP contribution in [0.5, 0.6) is 0 Å². The predicted molar refractivity (Wildman–Crippen MR) is 92.8 cm³/mol. The maximum Gasteiger partial charge on any atom is 0.338 e. The van der Waals surface area contributed by atoms with Gasteiger partial charge in [0.15, 0.2) is 0 Å². The number of thioether (sulfide) groups is 1. The Kier molecular flexibility index (Phi) is 3.91. The number of carboxylic acids is 1. The summed E-state index contributed by atoms with van der Waals surface area (Å²) in [6, 6.07) is 6.21. The molecule has 1 aromatic heterocycles. The fourth-order valence-electron chi connectivity index (χ4n) is 2.82. The molecule has 0 saturated heterocycles. The number of fused-ring (bicyclic) bond motifs is 1. The van der Waals surface area contributed by atoms with E-state index in [2.05, 4.69) is 36.9 Å². The van der Waals surface area contributed by atoms with Gasteiger partial charge in [-0.2, -0.15) is 0 Å². The van der Waals surface area contributed by atoms with E-state index in [1.165, 1.54) is 16.7 Å². The van der Waals surface area contributed by atoms with E-state index in [1.807, 2.05) is 17.8 Å². The van der Waals surface area contributed by atoms with Gasteiger partial charge in [0, 0.05) is 33.2 Å². The molecule has 0 fully saturated rings. The average molecular weight is 323 g/mol. The lowest BCUT2D eigenvalue weighted by molar-refractivity contribution is 0.0696. The molecule has 0 bridgehead atoms. The summed E-state index contributed by atoms with van der Waals surface area (Å²) in [5.74, 6) is 1.46. The number of pyridine rings is 1. The minimum absolute atomic E-state index is 0.0678. The highest BCUT2D eigenvalue weighted by Gasteiger charge is 2.26. The molecule has 0 aliphatic carbocycles. The zero-order valence-electron chi connectivity index (χ0n) is 13.1. The monoisotopic (exact) mass is 323 g/mol. The van der Waals surface area contributed by atoms with Crippen LogP contribution in [0.4, 0.5) is 0 Å². The van der Waals surface area contributed by atoms with Gasteiger partial charge in [-0.3, -0.25) is 4.98 Å². The molecule has 1 aromatic carbocycles. The van der Waals surface area contributed by atoms with Gasteiger partial charge in [-0.05, 0) is 36.1 Å². The summed E-state index contributed by atoms with van der Waals surface area (Å²) in [5.41, 5.74) is 3.36. The topological polar surface area (TPSA) is 50.2 Å². The number of terminal acetylenes is 1. The van der Waals surface area contributed by atoms with Crippen LogP contribution in [0.25, 0.3) is 11.1 Å². The van der Waals surface area contributed by atoms with Crippen molar-refractivity contribution in [1.29, 1.82) is 0 Å². The first-order valence-corrected chi connectivity index (χ1v) is 8.23. The van der Waals surface area contributed by atoms with Crippen LogP contribution in [-0.2, 0) is 6.42 Å². The third kappa shape index (κ3) is 2.97. The van der Waals surface area contributed by atoms with E-state index in [1.54, 1.807) is 6.20 Å². The summed E-state index contributed by atoms with van der Waals surface area (Å²) in [4.78, 5) is 16.7. The van der Waals surface area contributed by atoms with E-state index < -0.39 is 5.97 Å². The Morgan fingerprint density at radius 3 is 2.87 bits per heavy atom. The van der Waals surface area contributed by atoms with E-state index in [4.69, 9.17) is 6.42 Å². The van der Waals surface area contributed by atoms with E-state index in [-0.39, 0.29) is 10.3 Å². The Morgan fingerprint density at radius 2 is 2.17 bits per heavy atom. The number of carboxylic acid groups (broad SMARTS) is 1. The largest absolute Gasteiger partial charge is 0.478 e. The van der Waals surface area contributed by atoms with Crippen LogP contribution in [0, 0.1) is 12.3 Å². The van der Waals surface area contributed by atoms with Crippen molar-refractivity contribution in [2.24, 2.45) is 0 Å². The number of aromatic carboxylic acids is 1. The predicted octanol–water partition coefficient (Wildman–Crippen LogP) is 4.25. The second-order valence-corrected chi connectivity index (χ2v) is 7.99. The summed E-state index contributed by atoms with van der Waals surface area (Å²) in [7, 11) is 0. The van der Waals surface area contributed by atoms with Crippen LogP contribution < -0.4 is 0 Å². The number of rotatable bonds is 2. The molecule has 0 atom stereocenters. The summed E-state index contributed by atoms with van der Waals surface area (Å²) in [6.07, 6.45) is 10.6. The van der Waals surface area contributed by atoms with Crippen molar-refractivity contribution in [3.05, 3.63) is 47.3 Å². The molecule has 0 amide bonds. The molecule has 4 heteroatoms. The lowest BCUT2D eigenvalue weighted by atomic mass is 9.94. The van der Waals surface area contributed by atoms with Crippen LogP contribution in [0.2, 0.25) is 0 Å². The normalized spacial score (nSPS) is 15.5. The molecule has 116 valence electrons. The number of nitrogens with zero attached hydrogens (tertiary/aromatic N) is 1. The van der Waals surface area contributed by atoms with Crippen LogP contribution in [0.15, 0.2) is 35.5 Å². The van der Waals surface area contributed by atoms with Crippen molar-refractivity contribution in [1.82, 2.24) is 4.98 Å². The summed E-state index contributed by atoms with van der Waals surface area (Å²) >= 11 is 1.89. The maximum atomic E-state index is 11.3. The molecule has 23 heavy (non-hydrogen) atoms. The second-order valence-electron chi connectivity index (χ2n) is 6.24. The van der Waals surface area contributed by atoms with Crippen molar-refractivity contribution in [2.75, 3.05) is 0 Å². The molecular weight excluding hydrogens is 306 g/mol. The fraction of sp³-hybridized carbons (Fsp3) is 0.263. The van der Waals surface area contributed by atoms with E-state index in [0.717, 1.165) is 18.4 Å². The highest BCUT2D eigenvalue weighted by Crippen LogP contribution is 2.43. The van der Waals surface area contributed by atoms with Crippen molar-refractivity contribution in [2.45, 2.75) is 36.3 Å². The van der Waals surface area contributed by atoms with Gasteiger partial charge in [0.25, 0.3) is 0 Å². The quantitative estimate of drug-likeness (QED) is 0.840. The molecule has 0 spiro atoms. The molecule has 3 nitrogen and oxygen atoms in total. The third-order valence-electron chi connectivity index (χ3n) is 4.07. The lowest BCUT2D eigenvalue weighted by Crippen LogP contribution is -2.20. The number of aromatic nitrogens is 1. The van der Waals surface area contributed by atoms with Gasteiger partial charge < -0.3 is 5.11 Å². The number of hydrogen-bond acceptors (Lipinski definition) is 3. The van der Waals surface area contributed by atoms with Gasteiger partial charge in [-0.15, -0.1) is 18.2 Å². The Balaban J connectivity index is 2.10. The second kappa shape index (κ2) is 5.75. The Morgan fingerprint density at radius 1 is 1.39 bits per heavy atom. The van der Waals surface area contributed by atoms with Crippen LogP contribution in [-0.4, -0.2) is 20.8 Å². The molecule has 0 saturated carbocycles. The van der Waals surface area contributed by atoms with Crippen LogP contribution >= 0.6 is 11.8 Å². The highest BCUT2D eigenvalue weighted by molar-refractivity contribution is 8.00. The molecule has 3 rings (SSSR count). The zero-order chi connectivity index (χ0) is 16.6. The van der Waals surface area contributed by atoms with Crippen molar-refractivity contribution in [3.8, 4) is 23.5 Å². The molecule has 1 aliphatic rings. The number of aryl methyl sites for hydroxylation is 1. The molecule has 0 radical (unpaired) electrons. The maximum absolute atomic E-state index is 11.3. The Hall–Kier alpha value is -2.25. The minimum atomic E-state index is -1.05. The molecule has 0 unspecified atom stereocenters. The smallest absolute Gasteiger partial charge is 0.338 e. The van der Waals surface area contributed by atoms with Gasteiger partial charge in [-0.1, -0.05) is 25.8 Å². The van der Waals surface area contributed by atoms with E-state index >= 15 is 0 Å². The highest BCUT2D eigenvalue weighted by atomic mass is 32.2.